The Morgan fingerprint density at radius 2 is 2.19 bits per heavy atom. The normalized spacial score (nSPS) is 30.8. The van der Waals surface area contributed by atoms with Gasteiger partial charge in [-0.3, -0.25) is 0 Å². The lowest BCUT2D eigenvalue weighted by Gasteiger charge is -2.26. The molecule has 2 atom stereocenters. The van der Waals surface area contributed by atoms with Crippen LogP contribution in [0.1, 0.15) is 39.5 Å². The molecule has 2 aliphatic rings. The van der Waals surface area contributed by atoms with Gasteiger partial charge in [0.2, 0.25) is 0 Å². The molecule has 1 aliphatic carbocycles. The van der Waals surface area contributed by atoms with Crippen LogP contribution in [0.15, 0.2) is 35.0 Å². The average molecular weight is 214 g/mol. The largest absolute Gasteiger partial charge is 0.491 e. The summed E-state index contributed by atoms with van der Waals surface area (Å²) >= 11 is 0. The fraction of sp³-hybridized carbons (Fsp3) is 0.571. The van der Waals surface area contributed by atoms with Gasteiger partial charge >= 0.3 is 0 Å². The fourth-order valence-corrected chi connectivity index (χ4v) is 2.29. The zero-order valence-electron chi connectivity index (χ0n) is 10.2. The van der Waals surface area contributed by atoms with E-state index < -0.39 is 0 Å². The Bertz CT molecular complexity index is 352. The zero-order valence-corrected chi connectivity index (χ0v) is 10.2. The Morgan fingerprint density at radius 1 is 1.38 bits per heavy atom. The van der Waals surface area contributed by atoms with Crippen molar-refractivity contribution in [1.82, 2.24) is 0 Å². The maximum Gasteiger partial charge on any atom is 0.114 e. The molecule has 1 nitrogen and oxygen atoms in total. The topological polar surface area (TPSA) is 9.23 Å². The first-order valence-corrected chi connectivity index (χ1v) is 6.16. The van der Waals surface area contributed by atoms with E-state index in [0.29, 0.717) is 0 Å². The van der Waals surface area contributed by atoms with E-state index in [1.165, 1.54) is 17.8 Å². The second-order valence-corrected chi connectivity index (χ2v) is 4.97. The van der Waals surface area contributed by atoms with Crippen LogP contribution in [-0.2, 0) is 4.74 Å². The van der Waals surface area contributed by atoms with Crippen molar-refractivity contribution >= 4 is 7.85 Å². The van der Waals surface area contributed by atoms with E-state index in [2.05, 4.69) is 19.9 Å². The highest BCUT2D eigenvalue weighted by Gasteiger charge is 2.20. The minimum Gasteiger partial charge on any atom is -0.491 e. The molecule has 0 aromatic carbocycles. The summed E-state index contributed by atoms with van der Waals surface area (Å²) in [5.41, 5.74) is 2.29. The van der Waals surface area contributed by atoms with E-state index in [9.17, 15) is 0 Å². The summed E-state index contributed by atoms with van der Waals surface area (Å²) in [6.45, 7) is 4.36. The molecule has 1 aliphatic heterocycles. The summed E-state index contributed by atoms with van der Waals surface area (Å²) in [7, 11) is 5.88. The van der Waals surface area contributed by atoms with Crippen LogP contribution in [0, 0.1) is 5.92 Å². The van der Waals surface area contributed by atoms with Crippen molar-refractivity contribution < 1.29 is 4.74 Å². The zero-order chi connectivity index (χ0) is 11.5. The van der Waals surface area contributed by atoms with Crippen molar-refractivity contribution in [2.45, 2.75) is 45.6 Å². The second-order valence-electron chi connectivity index (χ2n) is 4.97. The van der Waals surface area contributed by atoms with Gasteiger partial charge in [0, 0.05) is 6.42 Å². The van der Waals surface area contributed by atoms with E-state index in [4.69, 9.17) is 12.6 Å². The number of allylic oxidation sites excluding steroid dienone is 5. The van der Waals surface area contributed by atoms with Crippen LogP contribution in [-0.4, -0.2) is 14.0 Å². The molecule has 0 N–H and O–H groups in total. The van der Waals surface area contributed by atoms with Gasteiger partial charge in [-0.1, -0.05) is 19.1 Å². The molecular weight excluding hydrogens is 195 g/mol. The molecule has 0 amide bonds. The summed E-state index contributed by atoms with van der Waals surface area (Å²) in [6, 6.07) is 0. The molecule has 0 saturated heterocycles. The minimum atomic E-state index is 0.125. The van der Waals surface area contributed by atoms with Crippen LogP contribution in [0.4, 0.5) is 0 Å². The van der Waals surface area contributed by atoms with Crippen molar-refractivity contribution in [1.29, 1.82) is 0 Å². The standard InChI is InChI=1S/C14H19BO/c1-10-3-5-12-6-8-13(15)7-4-11(2)16-14(12)9-10/h4,7-8,10-11H,3,5-6,9H2,1-2H3. The monoisotopic (exact) mass is 214 g/mol. The van der Waals surface area contributed by atoms with Crippen LogP contribution in [0.25, 0.3) is 0 Å². The van der Waals surface area contributed by atoms with E-state index in [-0.39, 0.29) is 6.10 Å². The van der Waals surface area contributed by atoms with Gasteiger partial charge in [0.1, 0.15) is 14.0 Å². The Hall–Kier alpha value is -0.915. The minimum absolute atomic E-state index is 0.125. The Kier molecular flexibility index (Phi) is 3.57. The molecule has 16 heavy (non-hydrogen) atoms. The number of ether oxygens (including phenoxy) is 1. The molecule has 1 heterocycles. The molecule has 0 aromatic heterocycles. The molecule has 84 valence electrons. The number of hydrogen-bond acceptors (Lipinski definition) is 1. The molecule has 0 aromatic rings. The lowest BCUT2D eigenvalue weighted by molar-refractivity contribution is 0.143. The molecule has 2 rings (SSSR count). The molecule has 0 spiro atoms. The highest BCUT2D eigenvalue weighted by Crippen LogP contribution is 2.33. The summed E-state index contributed by atoms with van der Waals surface area (Å²) in [5.74, 6) is 1.96. The maximum atomic E-state index is 6.00. The molecular formula is C14H19BO. The molecule has 0 bridgehead atoms. The summed E-state index contributed by atoms with van der Waals surface area (Å²) in [6.07, 6.45) is 10.7. The Morgan fingerprint density at radius 3 is 3.00 bits per heavy atom. The second kappa shape index (κ2) is 4.94. The van der Waals surface area contributed by atoms with E-state index in [1.807, 2.05) is 12.2 Å². The van der Waals surface area contributed by atoms with Crippen molar-refractivity contribution in [3.8, 4) is 0 Å². The van der Waals surface area contributed by atoms with E-state index >= 15 is 0 Å². The molecule has 2 radical (unpaired) electrons. The molecule has 0 saturated carbocycles. The quantitative estimate of drug-likeness (QED) is 0.561. The highest BCUT2D eigenvalue weighted by atomic mass is 16.5. The summed E-state index contributed by atoms with van der Waals surface area (Å²) in [4.78, 5) is 0. The van der Waals surface area contributed by atoms with Gasteiger partial charge in [0.05, 0.1) is 5.76 Å². The van der Waals surface area contributed by atoms with Crippen molar-refractivity contribution in [3.63, 3.8) is 0 Å². The first-order valence-electron chi connectivity index (χ1n) is 6.16. The molecule has 2 unspecified atom stereocenters. The number of rotatable bonds is 0. The van der Waals surface area contributed by atoms with Gasteiger partial charge in [-0.05, 0) is 43.8 Å². The Labute approximate surface area is 99.7 Å². The third-order valence-corrected chi connectivity index (χ3v) is 3.34. The van der Waals surface area contributed by atoms with Gasteiger partial charge in [-0.15, -0.1) is 5.47 Å². The molecule has 2 heteroatoms. The van der Waals surface area contributed by atoms with E-state index in [0.717, 1.165) is 30.7 Å². The van der Waals surface area contributed by atoms with Crippen molar-refractivity contribution in [3.05, 3.63) is 35.0 Å². The van der Waals surface area contributed by atoms with Crippen LogP contribution >= 0.6 is 0 Å². The van der Waals surface area contributed by atoms with Gasteiger partial charge in [-0.25, -0.2) is 0 Å². The summed E-state index contributed by atoms with van der Waals surface area (Å²) < 4.78 is 6.00. The highest BCUT2D eigenvalue weighted by molar-refractivity contribution is 6.23. The van der Waals surface area contributed by atoms with Crippen LogP contribution in [0.5, 0.6) is 0 Å². The maximum absolute atomic E-state index is 6.00. The third kappa shape index (κ3) is 2.81. The van der Waals surface area contributed by atoms with E-state index in [1.54, 1.807) is 0 Å². The van der Waals surface area contributed by atoms with Crippen molar-refractivity contribution in [2.75, 3.05) is 0 Å². The lowest BCUT2D eigenvalue weighted by Crippen LogP contribution is -2.13. The lowest BCUT2D eigenvalue weighted by atomic mass is 9.86. The SMILES string of the molecule is [B]C1=CCC2=C(CC(C)CC2)OC(C)C=C1. The number of hydrogen-bond donors (Lipinski definition) is 0. The van der Waals surface area contributed by atoms with Crippen LogP contribution < -0.4 is 0 Å². The Balaban J connectivity index is 2.24. The predicted molar refractivity (Wildman–Crippen MR) is 68.2 cm³/mol. The third-order valence-electron chi connectivity index (χ3n) is 3.34. The predicted octanol–water partition coefficient (Wildman–Crippen LogP) is 3.48. The van der Waals surface area contributed by atoms with Gasteiger partial charge in [-0.2, -0.15) is 0 Å². The van der Waals surface area contributed by atoms with Crippen LogP contribution in [0.3, 0.4) is 0 Å². The van der Waals surface area contributed by atoms with Gasteiger partial charge < -0.3 is 4.74 Å². The summed E-state index contributed by atoms with van der Waals surface area (Å²) in [5, 5.41) is 0. The van der Waals surface area contributed by atoms with Crippen LogP contribution in [0.2, 0.25) is 0 Å². The van der Waals surface area contributed by atoms with Gasteiger partial charge in [0.25, 0.3) is 0 Å². The van der Waals surface area contributed by atoms with Gasteiger partial charge in [0.15, 0.2) is 0 Å². The molecule has 0 fully saturated rings. The van der Waals surface area contributed by atoms with Crippen molar-refractivity contribution in [2.24, 2.45) is 5.92 Å². The smallest absolute Gasteiger partial charge is 0.114 e. The first kappa shape index (κ1) is 11.6. The fourth-order valence-electron chi connectivity index (χ4n) is 2.29. The average Bonchev–Trinajstić information content (AvgIpc) is 2.30. The first-order chi connectivity index (χ1) is 7.65.